The minimum absolute atomic E-state index is 0.00558. The number of carbonyl (C=O) groups excluding carboxylic acids is 1. The van der Waals surface area contributed by atoms with Crippen LogP contribution < -0.4 is 10.1 Å². The summed E-state index contributed by atoms with van der Waals surface area (Å²) in [5.41, 5.74) is 4.11. The van der Waals surface area contributed by atoms with Crippen molar-refractivity contribution >= 4 is 11.6 Å². The Hall–Kier alpha value is -2.34. The van der Waals surface area contributed by atoms with Gasteiger partial charge in [0, 0.05) is 17.9 Å². The Labute approximate surface area is 174 Å². The number of anilines is 1. The van der Waals surface area contributed by atoms with Crippen LogP contribution in [0.5, 0.6) is 5.75 Å². The molecule has 0 spiro atoms. The zero-order valence-corrected chi connectivity index (χ0v) is 18.2. The summed E-state index contributed by atoms with van der Waals surface area (Å²) in [7, 11) is 0. The number of rotatable bonds is 8. The molecule has 1 aromatic carbocycles. The third-order valence-corrected chi connectivity index (χ3v) is 5.88. The highest BCUT2D eigenvalue weighted by molar-refractivity contribution is 5.92. The highest BCUT2D eigenvalue weighted by atomic mass is 16.5. The number of piperidine rings is 1. The summed E-state index contributed by atoms with van der Waals surface area (Å²) in [6, 6.07) is 7.63. The molecule has 1 fully saturated rings. The van der Waals surface area contributed by atoms with Crippen molar-refractivity contribution in [1.29, 1.82) is 0 Å². The van der Waals surface area contributed by atoms with Gasteiger partial charge in [-0.25, -0.2) is 0 Å². The van der Waals surface area contributed by atoms with E-state index in [2.05, 4.69) is 22.2 Å². The lowest BCUT2D eigenvalue weighted by atomic mass is 10.1. The SMILES string of the molecule is Cc1nn(CC(C)C(=O)Nc2ccc(OCCN3CCCCC3)cc2)c(C)c1C. The van der Waals surface area contributed by atoms with Crippen molar-refractivity contribution in [3.05, 3.63) is 41.2 Å². The third kappa shape index (κ3) is 5.82. The highest BCUT2D eigenvalue weighted by Gasteiger charge is 2.17. The Morgan fingerprint density at radius 3 is 2.45 bits per heavy atom. The molecule has 0 bridgehead atoms. The average molecular weight is 399 g/mol. The summed E-state index contributed by atoms with van der Waals surface area (Å²) in [5, 5.41) is 7.52. The van der Waals surface area contributed by atoms with Crippen molar-refractivity contribution in [1.82, 2.24) is 14.7 Å². The van der Waals surface area contributed by atoms with Gasteiger partial charge in [-0.05, 0) is 76.5 Å². The first-order valence-corrected chi connectivity index (χ1v) is 10.7. The molecular formula is C23H34N4O2. The molecule has 1 atom stereocenters. The summed E-state index contributed by atoms with van der Waals surface area (Å²) in [6.07, 6.45) is 3.95. The van der Waals surface area contributed by atoms with Gasteiger partial charge in [0.25, 0.3) is 0 Å². The first kappa shape index (κ1) is 21.4. The molecule has 1 unspecified atom stereocenters. The number of likely N-dealkylation sites (tertiary alicyclic amines) is 1. The van der Waals surface area contributed by atoms with Gasteiger partial charge in [-0.3, -0.25) is 14.4 Å². The predicted molar refractivity (Wildman–Crippen MR) is 116 cm³/mol. The third-order valence-electron chi connectivity index (χ3n) is 5.88. The molecule has 2 aromatic rings. The average Bonchev–Trinajstić information content (AvgIpc) is 2.96. The van der Waals surface area contributed by atoms with E-state index in [4.69, 9.17) is 4.74 Å². The van der Waals surface area contributed by atoms with E-state index in [0.29, 0.717) is 13.2 Å². The van der Waals surface area contributed by atoms with Crippen LogP contribution in [0.1, 0.15) is 43.1 Å². The molecule has 158 valence electrons. The first-order valence-electron chi connectivity index (χ1n) is 10.7. The molecule has 1 aliphatic rings. The lowest BCUT2D eigenvalue weighted by Gasteiger charge is -2.26. The Morgan fingerprint density at radius 2 is 1.83 bits per heavy atom. The van der Waals surface area contributed by atoms with Gasteiger partial charge in [0.15, 0.2) is 0 Å². The smallest absolute Gasteiger partial charge is 0.229 e. The molecule has 1 aliphatic heterocycles. The van der Waals surface area contributed by atoms with E-state index in [1.54, 1.807) is 0 Å². The molecule has 0 radical (unpaired) electrons. The van der Waals surface area contributed by atoms with Gasteiger partial charge in [-0.1, -0.05) is 13.3 Å². The quantitative estimate of drug-likeness (QED) is 0.731. The monoisotopic (exact) mass is 398 g/mol. The van der Waals surface area contributed by atoms with E-state index in [1.165, 1.54) is 37.9 Å². The van der Waals surface area contributed by atoms with Crippen LogP contribution in [0, 0.1) is 26.7 Å². The van der Waals surface area contributed by atoms with Crippen molar-refractivity contribution in [3.8, 4) is 5.75 Å². The zero-order valence-electron chi connectivity index (χ0n) is 18.2. The van der Waals surface area contributed by atoms with Gasteiger partial charge < -0.3 is 10.1 Å². The van der Waals surface area contributed by atoms with E-state index in [1.807, 2.05) is 49.7 Å². The van der Waals surface area contributed by atoms with Crippen LogP contribution in [0.2, 0.25) is 0 Å². The second-order valence-electron chi connectivity index (χ2n) is 8.14. The largest absolute Gasteiger partial charge is 0.492 e. The molecule has 3 rings (SSSR count). The fraction of sp³-hybridized carbons (Fsp3) is 0.565. The fourth-order valence-electron chi connectivity index (χ4n) is 3.68. The number of hydrogen-bond acceptors (Lipinski definition) is 4. The van der Waals surface area contributed by atoms with Crippen LogP contribution in [0.3, 0.4) is 0 Å². The van der Waals surface area contributed by atoms with E-state index in [0.717, 1.165) is 29.4 Å². The highest BCUT2D eigenvalue weighted by Crippen LogP contribution is 2.18. The van der Waals surface area contributed by atoms with Crippen molar-refractivity contribution in [2.45, 2.75) is 53.5 Å². The molecular weight excluding hydrogens is 364 g/mol. The lowest BCUT2D eigenvalue weighted by molar-refractivity contribution is -0.119. The normalized spacial score (nSPS) is 15.9. The topological polar surface area (TPSA) is 59.4 Å². The number of nitrogens with one attached hydrogen (secondary N) is 1. The Balaban J connectivity index is 1.45. The number of ether oxygens (including phenoxy) is 1. The van der Waals surface area contributed by atoms with Crippen molar-refractivity contribution < 1.29 is 9.53 Å². The first-order chi connectivity index (χ1) is 13.9. The maximum atomic E-state index is 12.6. The Morgan fingerprint density at radius 1 is 1.14 bits per heavy atom. The van der Waals surface area contributed by atoms with Crippen LogP contribution in [0.15, 0.2) is 24.3 Å². The maximum Gasteiger partial charge on any atom is 0.229 e. The second-order valence-corrected chi connectivity index (χ2v) is 8.14. The van der Waals surface area contributed by atoms with E-state index in [9.17, 15) is 4.79 Å². The van der Waals surface area contributed by atoms with Gasteiger partial charge in [0.1, 0.15) is 12.4 Å². The zero-order chi connectivity index (χ0) is 20.8. The number of nitrogens with zero attached hydrogens (tertiary/aromatic N) is 3. The van der Waals surface area contributed by atoms with E-state index >= 15 is 0 Å². The molecule has 6 heteroatoms. The van der Waals surface area contributed by atoms with Gasteiger partial charge in [0.05, 0.1) is 18.2 Å². The molecule has 29 heavy (non-hydrogen) atoms. The minimum atomic E-state index is -0.173. The van der Waals surface area contributed by atoms with Crippen molar-refractivity contribution in [2.75, 3.05) is 31.6 Å². The maximum absolute atomic E-state index is 12.6. The number of carbonyl (C=O) groups is 1. The number of benzene rings is 1. The molecule has 0 saturated carbocycles. The number of amides is 1. The summed E-state index contributed by atoms with van der Waals surface area (Å²) < 4.78 is 7.78. The lowest BCUT2D eigenvalue weighted by Crippen LogP contribution is -2.33. The number of aryl methyl sites for hydroxylation is 1. The minimum Gasteiger partial charge on any atom is -0.492 e. The van der Waals surface area contributed by atoms with Crippen LogP contribution >= 0.6 is 0 Å². The molecule has 2 heterocycles. The Bertz CT molecular complexity index is 807. The van der Waals surface area contributed by atoms with Crippen LogP contribution in [-0.4, -0.2) is 46.8 Å². The second kappa shape index (κ2) is 9.92. The number of aromatic nitrogens is 2. The molecule has 0 aliphatic carbocycles. The van der Waals surface area contributed by atoms with Crippen molar-refractivity contribution in [3.63, 3.8) is 0 Å². The summed E-state index contributed by atoms with van der Waals surface area (Å²) in [6.45, 7) is 12.7. The van der Waals surface area contributed by atoms with E-state index < -0.39 is 0 Å². The summed E-state index contributed by atoms with van der Waals surface area (Å²) >= 11 is 0. The number of hydrogen-bond donors (Lipinski definition) is 1. The van der Waals surface area contributed by atoms with Gasteiger partial charge in [0.2, 0.25) is 5.91 Å². The van der Waals surface area contributed by atoms with Crippen LogP contribution in [-0.2, 0) is 11.3 Å². The van der Waals surface area contributed by atoms with Crippen molar-refractivity contribution in [2.24, 2.45) is 5.92 Å². The molecule has 6 nitrogen and oxygen atoms in total. The van der Waals surface area contributed by atoms with Crippen LogP contribution in [0.4, 0.5) is 5.69 Å². The van der Waals surface area contributed by atoms with Gasteiger partial charge in [-0.15, -0.1) is 0 Å². The predicted octanol–water partition coefficient (Wildman–Crippen LogP) is 3.95. The van der Waals surface area contributed by atoms with Crippen LogP contribution in [0.25, 0.3) is 0 Å². The Kier molecular flexibility index (Phi) is 7.31. The molecule has 1 amide bonds. The van der Waals surface area contributed by atoms with E-state index in [-0.39, 0.29) is 11.8 Å². The molecule has 1 saturated heterocycles. The van der Waals surface area contributed by atoms with Gasteiger partial charge in [-0.2, -0.15) is 5.10 Å². The fourth-order valence-corrected chi connectivity index (χ4v) is 3.68. The summed E-state index contributed by atoms with van der Waals surface area (Å²) in [5.74, 6) is 0.660. The molecule has 1 aromatic heterocycles. The summed E-state index contributed by atoms with van der Waals surface area (Å²) in [4.78, 5) is 15.0. The standard InChI is InChI=1S/C23H34N4O2/c1-17(16-27-20(4)18(2)19(3)25-27)23(28)24-21-8-10-22(11-9-21)29-15-14-26-12-6-5-7-13-26/h8-11,17H,5-7,12-16H2,1-4H3,(H,24,28). The van der Waals surface area contributed by atoms with Gasteiger partial charge >= 0.3 is 0 Å². The molecule has 1 N–H and O–H groups in total.